The van der Waals surface area contributed by atoms with E-state index in [9.17, 15) is 0 Å². The van der Waals surface area contributed by atoms with E-state index in [0.717, 1.165) is 32.8 Å². The minimum Gasteiger partial charge on any atom is -0.381 e. The molecule has 0 aromatic carbocycles. The highest BCUT2D eigenvalue weighted by atomic mass is 28.2. The molecule has 0 aromatic heterocycles. The number of hydrogen-bond acceptors (Lipinski definition) is 4. The summed E-state index contributed by atoms with van der Waals surface area (Å²) in [6, 6.07) is 1.21. The molecule has 0 spiro atoms. The van der Waals surface area contributed by atoms with Crippen molar-refractivity contribution in [3.05, 3.63) is 0 Å². The molecule has 16 heavy (non-hydrogen) atoms. The van der Waals surface area contributed by atoms with E-state index >= 15 is 0 Å². The van der Waals surface area contributed by atoms with E-state index in [1.165, 1.54) is 6.04 Å². The fraction of sp³-hybridized carbons (Fsp3) is 1.00. The molecule has 0 radical (unpaired) electrons. The predicted octanol–water partition coefficient (Wildman–Crippen LogP) is 0.593. The van der Waals surface area contributed by atoms with Crippen molar-refractivity contribution < 1.29 is 18.9 Å². The van der Waals surface area contributed by atoms with Gasteiger partial charge in [-0.1, -0.05) is 13.0 Å². The minimum absolute atomic E-state index is 0.0672. The largest absolute Gasteiger partial charge is 0.381 e. The Morgan fingerprint density at radius 2 is 2.00 bits per heavy atom. The van der Waals surface area contributed by atoms with Crippen LogP contribution in [0, 0.1) is 5.41 Å². The van der Waals surface area contributed by atoms with E-state index in [2.05, 4.69) is 6.92 Å². The van der Waals surface area contributed by atoms with Gasteiger partial charge in [-0.15, -0.1) is 0 Å². The summed E-state index contributed by atoms with van der Waals surface area (Å²) < 4.78 is 21.2. The van der Waals surface area contributed by atoms with Gasteiger partial charge in [-0.25, -0.2) is 0 Å². The molecule has 0 aliphatic carbocycles. The van der Waals surface area contributed by atoms with Crippen molar-refractivity contribution in [1.82, 2.24) is 0 Å². The molecule has 0 saturated carbocycles. The van der Waals surface area contributed by atoms with Crippen LogP contribution in [-0.2, 0) is 18.9 Å². The molecular weight excluding hydrogens is 224 g/mol. The molecule has 0 aromatic rings. The van der Waals surface area contributed by atoms with Crippen molar-refractivity contribution in [2.45, 2.75) is 25.3 Å². The van der Waals surface area contributed by atoms with Crippen molar-refractivity contribution in [3.8, 4) is 0 Å². The number of ether oxygens (including phenoxy) is 4. The van der Waals surface area contributed by atoms with Crippen LogP contribution in [0.5, 0.6) is 0 Å². The molecule has 0 bridgehead atoms. The van der Waals surface area contributed by atoms with Gasteiger partial charge in [-0.3, -0.25) is 0 Å². The second-order valence-corrected chi connectivity index (χ2v) is 6.70. The first kappa shape index (κ1) is 14.1. The summed E-state index contributed by atoms with van der Waals surface area (Å²) in [5.74, 6) is 0.0672. The smallest absolute Gasteiger partial charge is 0.134 e. The molecule has 0 amide bonds. The summed E-state index contributed by atoms with van der Waals surface area (Å²) >= 11 is 0. The SMILES string of the molecule is COC(OC)[SiH2]CCCOCC1(C)COC1. The zero-order valence-corrected chi connectivity index (χ0v) is 12.1. The summed E-state index contributed by atoms with van der Waals surface area (Å²) in [6.45, 7) is 5.57. The Bertz CT molecular complexity index is 181. The molecule has 1 saturated heterocycles. The van der Waals surface area contributed by atoms with Crippen molar-refractivity contribution in [2.24, 2.45) is 5.41 Å². The van der Waals surface area contributed by atoms with Gasteiger partial charge in [0.05, 0.1) is 29.3 Å². The van der Waals surface area contributed by atoms with E-state index in [1.807, 2.05) is 0 Å². The second kappa shape index (κ2) is 7.40. The van der Waals surface area contributed by atoms with Crippen LogP contribution in [0.25, 0.3) is 0 Å². The van der Waals surface area contributed by atoms with Gasteiger partial charge in [0.15, 0.2) is 0 Å². The molecule has 0 unspecified atom stereocenters. The minimum atomic E-state index is -0.277. The standard InChI is InChI=1S/C11H24O4Si/c1-11(8-15-9-11)7-14-5-4-6-16-10(12-2)13-3/h10H,4-9,16H2,1-3H3. The lowest BCUT2D eigenvalue weighted by atomic mass is 9.90. The van der Waals surface area contributed by atoms with E-state index in [1.54, 1.807) is 14.2 Å². The molecule has 1 aliphatic heterocycles. The lowest BCUT2D eigenvalue weighted by molar-refractivity contribution is -0.137. The molecule has 0 N–H and O–H groups in total. The third kappa shape index (κ3) is 4.93. The Morgan fingerprint density at radius 3 is 2.50 bits per heavy atom. The van der Waals surface area contributed by atoms with Crippen LogP contribution in [0.3, 0.4) is 0 Å². The summed E-state index contributed by atoms with van der Waals surface area (Å²) in [5.41, 5.74) is 0.277. The van der Waals surface area contributed by atoms with Crippen LogP contribution < -0.4 is 0 Å². The van der Waals surface area contributed by atoms with Gasteiger partial charge < -0.3 is 18.9 Å². The monoisotopic (exact) mass is 248 g/mol. The zero-order valence-electron chi connectivity index (χ0n) is 10.7. The fourth-order valence-corrected chi connectivity index (χ4v) is 3.00. The van der Waals surface area contributed by atoms with Gasteiger partial charge in [0, 0.05) is 26.2 Å². The van der Waals surface area contributed by atoms with Crippen LogP contribution in [0.15, 0.2) is 0 Å². The maximum Gasteiger partial charge on any atom is 0.134 e. The van der Waals surface area contributed by atoms with Crippen molar-refractivity contribution >= 4 is 9.52 Å². The molecule has 1 aliphatic rings. The van der Waals surface area contributed by atoms with Gasteiger partial charge in [0.25, 0.3) is 0 Å². The van der Waals surface area contributed by atoms with Gasteiger partial charge in [0.1, 0.15) is 5.91 Å². The van der Waals surface area contributed by atoms with Crippen LogP contribution in [0.1, 0.15) is 13.3 Å². The van der Waals surface area contributed by atoms with Crippen molar-refractivity contribution in [3.63, 3.8) is 0 Å². The Hall–Kier alpha value is 0.0569. The Labute approximate surface area is 100 Å². The molecule has 0 atom stereocenters. The summed E-state index contributed by atoms with van der Waals surface area (Å²) in [4.78, 5) is 0. The van der Waals surface area contributed by atoms with Gasteiger partial charge in [-0.2, -0.15) is 0 Å². The lowest BCUT2D eigenvalue weighted by Crippen LogP contribution is -2.43. The van der Waals surface area contributed by atoms with Gasteiger partial charge >= 0.3 is 0 Å². The van der Waals surface area contributed by atoms with Gasteiger partial charge in [0.2, 0.25) is 0 Å². The number of methoxy groups -OCH3 is 2. The first-order chi connectivity index (χ1) is 7.70. The third-order valence-corrected chi connectivity index (χ3v) is 4.90. The summed E-state index contributed by atoms with van der Waals surface area (Å²) in [6.07, 6.45) is 1.12. The van der Waals surface area contributed by atoms with Crippen LogP contribution in [-0.4, -0.2) is 56.1 Å². The van der Waals surface area contributed by atoms with Crippen LogP contribution in [0.2, 0.25) is 6.04 Å². The first-order valence-corrected chi connectivity index (χ1v) is 7.73. The predicted molar refractivity (Wildman–Crippen MR) is 65.5 cm³/mol. The number of hydrogen-bond donors (Lipinski definition) is 0. The van der Waals surface area contributed by atoms with Crippen molar-refractivity contribution in [1.29, 1.82) is 0 Å². The summed E-state index contributed by atoms with van der Waals surface area (Å²) in [7, 11) is 3.13. The Balaban J connectivity index is 1.88. The highest BCUT2D eigenvalue weighted by molar-refractivity contribution is 6.36. The highest BCUT2D eigenvalue weighted by Crippen LogP contribution is 2.26. The topological polar surface area (TPSA) is 36.9 Å². The van der Waals surface area contributed by atoms with E-state index in [0.29, 0.717) is 0 Å². The zero-order chi connectivity index (χ0) is 11.9. The molecular formula is C11H24O4Si. The maximum absolute atomic E-state index is 5.65. The summed E-state index contributed by atoms with van der Waals surface area (Å²) in [5, 5.41) is 0. The first-order valence-electron chi connectivity index (χ1n) is 5.91. The molecule has 96 valence electrons. The normalized spacial score (nSPS) is 19.5. The second-order valence-electron chi connectivity index (χ2n) is 4.75. The Morgan fingerprint density at radius 1 is 1.31 bits per heavy atom. The molecule has 1 fully saturated rings. The quantitative estimate of drug-likeness (QED) is 0.340. The Kier molecular flexibility index (Phi) is 6.53. The van der Waals surface area contributed by atoms with Crippen LogP contribution in [0.4, 0.5) is 0 Å². The third-order valence-electron chi connectivity index (χ3n) is 2.86. The highest BCUT2D eigenvalue weighted by Gasteiger charge is 2.33. The number of rotatable bonds is 9. The van der Waals surface area contributed by atoms with Crippen LogP contribution >= 0.6 is 0 Å². The molecule has 4 nitrogen and oxygen atoms in total. The van der Waals surface area contributed by atoms with E-state index in [4.69, 9.17) is 18.9 Å². The lowest BCUT2D eigenvalue weighted by Gasteiger charge is -2.37. The average molecular weight is 248 g/mol. The molecule has 5 heteroatoms. The molecule has 1 rings (SSSR count). The van der Waals surface area contributed by atoms with Gasteiger partial charge in [-0.05, 0) is 6.42 Å². The van der Waals surface area contributed by atoms with E-state index in [-0.39, 0.29) is 20.8 Å². The van der Waals surface area contributed by atoms with Crippen molar-refractivity contribution in [2.75, 3.05) is 40.6 Å². The fourth-order valence-electron chi connectivity index (χ4n) is 1.70. The molecule has 1 heterocycles. The van der Waals surface area contributed by atoms with E-state index < -0.39 is 0 Å². The average Bonchev–Trinajstić information content (AvgIpc) is 2.26. The maximum atomic E-state index is 5.65.